The molecule has 9 heteroatoms. The molecule has 0 unspecified atom stereocenters. The number of ether oxygens (including phenoxy) is 2. The number of carbonyl (C=O) groups excluding carboxylic acids is 1. The molecule has 0 bridgehead atoms. The van der Waals surface area contributed by atoms with E-state index in [2.05, 4.69) is 10.4 Å². The number of halogens is 1. The van der Waals surface area contributed by atoms with Gasteiger partial charge in [-0.05, 0) is 49.4 Å². The molecule has 0 radical (unpaired) electrons. The van der Waals surface area contributed by atoms with Gasteiger partial charge in [0.15, 0.2) is 23.0 Å². The topological polar surface area (TPSA) is 85.7 Å². The highest BCUT2D eigenvalue weighted by Crippen LogP contribution is 2.30. The van der Waals surface area contributed by atoms with Gasteiger partial charge in [-0.15, -0.1) is 0 Å². The lowest BCUT2D eigenvalue weighted by Crippen LogP contribution is -2.40. The van der Waals surface area contributed by atoms with Crippen LogP contribution >= 0.6 is 0 Å². The molecule has 0 saturated carbocycles. The molecule has 188 valence electrons. The van der Waals surface area contributed by atoms with Crippen LogP contribution in [0.1, 0.15) is 15.9 Å². The number of para-hydroxylation sites is 1. The molecule has 0 atom stereocenters. The Morgan fingerprint density at radius 3 is 2.51 bits per heavy atom. The highest BCUT2D eigenvalue weighted by molar-refractivity contribution is 5.95. The van der Waals surface area contributed by atoms with E-state index >= 15 is 0 Å². The van der Waals surface area contributed by atoms with Crippen LogP contribution in [0.15, 0.2) is 83.8 Å². The van der Waals surface area contributed by atoms with Crippen LogP contribution in [0.3, 0.4) is 0 Å². The first-order valence-electron chi connectivity index (χ1n) is 11.9. The Bertz CT molecular complexity index is 1480. The fraction of sp³-hybridized carbons (Fsp3) is 0.179. The minimum absolute atomic E-state index is 0.0448. The summed E-state index contributed by atoms with van der Waals surface area (Å²) in [6.45, 7) is 3.97. The number of nitrogens with one attached hydrogen (secondary N) is 1. The van der Waals surface area contributed by atoms with Gasteiger partial charge in [0, 0.05) is 24.3 Å². The van der Waals surface area contributed by atoms with Crippen molar-refractivity contribution < 1.29 is 18.7 Å². The van der Waals surface area contributed by atoms with E-state index in [9.17, 15) is 14.0 Å². The maximum atomic E-state index is 14.3. The van der Waals surface area contributed by atoms with Crippen molar-refractivity contribution in [1.29, 1.82) is 0 Å². The monoisotopic (exact) mass is 500 g/mol. The molecule has 4 aromatic rings. The van der Waals surface area contributed by atoms with Gasteiger partial charge in [0.05, 0.1) is 25.1 Å². The van der Waals surface area contributed by atoms with E-state index < -0.39 is 11.4 Å². The standard InChI is InChI=1S/C28H25FN4O4/c1-19-9-11-22(12-10-19)33-28(35)26(25(18-30-33)37-24-8-3-2-7-23(24)29)31-21-6-4-5-20(17-21)27(34)32-13-15-36-16-14-32/h2-12,17-18,31H,13-16H2,1H3. The highest BCUT2D eigenvalue weighted by atomic mass is 19.1. The van der Waals surface area contributed by atoms with Gasteiger partial charge in [-0.3, -0.25) is 9.59 Å². The third-order valence-corrected chi connectivity index (χ3v) is 5.96. The predicted molar refractivity (Wildman–Crippen MR) is 137 cm³/mol. The van der Waals surface area contributed by atoms with Crippen molar-refractivity contribution in [3.8, 4) is 17.2 Å². The Labute approximate surface area is 212 Å². The molecule has 1 aliphatic heterocycles. The summed E-state index contributed by atoms with van der Waals surface area (Å²) >= 11 is 0. The third kappa shape index (κ3) is 5.36. The summed E-state index contributed by atoms with van der Waals surface area (Å²) in [6, 6.07) is 20.1. The molecular weight excluding hydrogens is 475 g/mol. The second kappa shape index (κ2) is 10.6. The average Bonchev–Trinajstić information content (AvgIpc) is 2.93. The van der Waals surface area contributed by atoms with Crippen LogP contribution in [0.5, 0.6) is 11.5 Å². The number of morpholine rings is 1. The van der Waals surface area contributed by atoms with Crippen LogP contribution in [0.2, 0.25) is 0 Å². The van der Waals surface area contributed by atoms with Crippen molar-refractivity contribution in [2.24, 2.45) is 0 Å². The van der Waals surface area contributed by atoms with Crippen LogP contribution < -0.4 is 15.6 Å². The zero-order valence-corrected chi connectivity index (χ0v) is 20.2. The molecule has 1 saturated heterocycles. The molecule has 8 nitrogen and oxygen atoms in total. The van der Waals surface area contributed by atoms with Crippen LogP contribution in [0, 0.1) is 12.7 Å². The zero-order valence-electron chi connectivity index (χ0n) is 20.2. The van der Waals surface area contributed by atoms with Gasteiger partial charge >= 0.3 is 0 Å². The van der Waals surface area contributed by atoms with E-state index in [1.165, 1.54) is 23.0 Å². The third-order valence-electron chi connectivity index (χ3n) is 5.96. The summed E-state index contributed by atoms with van der Waals surface area (Å²) in [5.74, 6) is -0.699. The minimum atomic E-state index is -0.575. The summed E-state index contributed by atoms with van der Waals surface area (Å²) in [7, 11) is 0. The van der Waals surface area contributed by atoms with Crippen molar-refractivity contribution in [1.82, 2.24) is 14.7 Å². The zero-order chi connectivity index (χ0) is 25.8. The number of rotatable bonds is 6. The van der Waals surface area contributed by atoms with Crippen molar-refractivity contribution in [2.45, 2.75) is 6.92 Å². The summed E-state index contributed by atoms with van der Waals surface area (Å²) in [6.07, 6.45) is 1.36. The first-order chi connectivity index (χ1) is 18.0. The number of hydrogen-bond donors (Lipinski definition) is 1. The quantitative estimate of drug-likeness (QED) is 0.414. The number of aryl methyl sites for hydroxylation is 1. The number of benzene rings is 3. The maximum absolute atomic E-state index is 14.3. The van der Waals surface area contributed by atoms with Crippen molar-refractivity contribution in [3.05, 3.63) is 106 Å². The van der Waals surface area contributed by atoms with Gasteiger partial charge < -0.3 is 19.7 Å². The SMILES string of the molecule is Cc1ccc(-n2ncc(Oc3ccccc3F)c(Nc3cccc(C(=O)N4CCOCC4)c3)c2=O)cc1. The van der Waals surface area contributed by atoms with Crippen molar-refractivity contribution in [3.63, 3.8) is 0 Å². The van der Waals surface area contributed by atoms with Crippen LogP contribution in [-0.4, -0.2) is 46.9 Å². The number of aromatic nitrogens is 2. The van der Waals surface area contributed by atoms with Crippen molar-refractivity contribution >= 4 is 17.3 Å². The molecular formula is C28H25FN4O4. The molecule has 3 aromatic carbocycles. The van der Waals surface area contributed by atoms with Gasteiger partial charge in [-0.1, -0.05) is 35.9 Å². The molecule has 1 amide bonds. The lowest BCUT2D eigenvalue weighted by atomic mass is 10.1. The second-order valence-corrected chi connectivity index (χ2v) is 8.58. The lowest BCUT2D eigenvalue weighted by molar-refractivity contribution is 0.0303. The molecule has 1 N–H and O–H groups in total. The van der Waals surface area contributed by atoms with E-state index in [0.29, 0.717) is 43.2 Å². The van der Waals surface area contributed by atoms with E-state index in [0.717, 1.165) is 5.56 Å². The Morgan fingerprint density at radius 2 is 1.76 bits per heavy atom. The van der Waals surface area contributed by atoms with Gasteiger partial charge in [0.1, 0.15) is 0 Å². The van der Waals surface area contributed by atoms with Crippen molar-refractivity contribution in [2.75, 3.05) is 31.6 Å². The van der Waals surface area contributed by atoms with E-state index in [1.807, 2.05) is 19.1 Å². The van der Waals surface area contributed by atoms with Gasteiger partial charge in [0.2, 0.25) is 0 Å². The molecule has 1 fully saturated rings. The number of carbonyl (C=O) groups is 1. The van der Waals surface area contributed by atoms with E-state index in [4.69, 9.17) is 9.47 Å². The number of anilines is 2. The molecule has 0 spiro atoms. The van der Waals surface area contributed by atoms with E-state index in [1.54, 1.807) is 53.4 Å². The summed E-state index contributed by atoms with van der Waals surface area (Å²) in [4.78, 5) is 28.3. The fourth-order valence-corrected chi connectivity index (χ4v) is 3.97. The van der Waals surface area contributed by atoms with Crippen LogP contribution in [0.4, 0.5) is 15.8 Å². The molecule has 5 rings (SSSR count). The summed E-state index contributed by atoms with van der Waals surface area (Å²) in [5, 5.41) is 7.34. The minimum Gasteiger partial charge on any atom is -0.450 e. The summed E-state index contributed by atoms with van der Waals surface area (Å²) < 4.78 is 26.7. The lowest BCUT2D eigenvalue weighted by Gasteiger charge is -2.27. The second-order valence-electron chi connectivity index (χ2n) is 8.58. The highest BCUT2D eigenvalue weighted by Gasteiger charge is 2.20. The average molecular weight is 501 g/mol. The molecule has 2 heterocycles. The smallest absolute Gasteiger partial charge is 0.299 e. The van der Waals surface area contributed by atoms with Gasteiger partial charge in [-0.25, -0.2) is 4.39 Å². The number of amides is 1. The largest absolute Gasteiger partial charge is 0.450 e. The number of hydrogen-bond acceptors (Lipinski definition) is 6. The maximum Gasteiger partial charge on any atom is 0.299 e. The molecule has 1 aromatic heterocycles. The predicted octanol–water partition coefficient (Wildman–Crippen LogP) is 4.69. The number of nitrogens with zero attached hydrogens (tertiary/aromatic N) is 3. The first kappa shape index (κ1) is 24.2. The van der Waals surface area contributed by atoms with Gasteiger partial charge in [-0.2, -0.15) is 9.78 Å². The Balaban J connectivity index is 1.53. The Kier molecular flexibility index (Phi) is 6.96. The van der Waals surface area contributed by atoms with E-state index in [-0.39, 0.29) is 23.1 Å². The fourth-order valence-electron chi connectivity index (χ4n) is 3.97. The normalized spacial score (nSPS) is 13.3. The molecule has 0 aliphatic carbocycles. The van der Waals surface area contributed by atoms with Gasteiger partial charge in [0.25, 0.3) is 11.5 Å². The Morgan fingerprint density at radius 1 is 1.00 bits per heavy atom. The Hall–Kier alpha value is -4.50. The summed E-state index contributed by atoms with van der Waals surface area (Å²) in [5.41, 5.74) is 2.12. The van der Waals surface area contributed by atoms with Crippen LogP contribution in [0.25, 0.3) is 5.69 Å². The molecule has 1 aliphatic rings. The molecule has 37 heavy (non-hydrogen) atoms. The van der Waals surface area contributed by atoms with Crippen LogP contribution in [-0.2, 0) is 4.74 Å². The first-order valence-corrected chi connectivity index (χ1v) is 11.9.